The van der Waals surface area contributed by atoms with Crippen LogP contribution in [0, 0.1) is 3.95 Å². The second-order valence-corrected chi connectivity index (χ2v) is 11.9. The van der Waals surface area contributed by atoms with Gasteiger partial charge in [-0.3, -0.25) is 14.4 Å². The number of nitrogens with one attached hydrogen (secondary N) is 1. The van der Waals surface area contributed by atoms with Gasteiger partial charge in [0.2, 0.25) is 19.7 Å². The molecule has 0 aliphatic rings. The number of aldehydes is 1. The van der Waals surface area contributed by atoms with Crippen LogP contribution in [0.1, 0.15) is 23.7 Å². The molecule has 2 aromatic carbocycles. The van der Waals surface area contributed by atoms with E-state index in [1.807, 2.05) is 18.2 Å². The third-order valence-corrected chi connectivity index (χ3v) is 8.47. The number of aromatic amines is 1. The van der Waals surface area contributed by atoms with Crippen LogP contribution in [0.2, 0.25) is 0 Å². The van der Waals surface area contributed by atoms with Crippen LogP contribution in [-0.2, 0) is 26.7 Å². The first-order valence-corrected chi connectivity index (χ1v) is 15.4. The second kappa shape index (κ2) is 15.8. The van der Waals surface area contributed by atoms with E-state index < -0.39 is 23.8 Å². The minimum atomic E-state index is -1.24. The van der Waals surface area contributed by atoms with Crippen molar-refractivity contribution < 1.29 is 34.1 Å². The maximum absolute atomic E-state index is 13.4. The number of Topliss-reactive ketones (excluding diaryl/α,β-unsaturated/α-hetero) is 1. The topological polar surface area (TPSA) is 160 Å². The lowest BCUT2D eigenvalue weighted by molar-refractivity contribution is -0.138. The summed E-state index contributed by atoms with van der Waals surface area (Å²) in [5, 5.41) is 26.7. The molecule has 1 amide bonds. The second-order valence-electron chi connectivity index (χ2n) is 9.20. The molecule has 0 fully saturated rings. The van der Waals surface area contributed by atoms with E-state index in [1.54, 1.807) is 24.3 Å². The van der Waals surface area contributed by atoms with Crippen LogP contribution in [0.15, 0.2) is 48.7 Å². The van der Waals surface area contributed by atoms with E-state index in [0.717, 1.165) is 20.6 Å². The van der Waals surface area contributed by atoms with Crippen LogP contribution >= 0.6 is 35.3 Å². The van der Waals surface area contributed by atoms with E-state index in [-0.39, 0.29) is 44.9 Å². The molecular formula is C27H28BN5O7S3. The summed E-state index contributed by atoms with van der Waals surface area (Å²) in [6.45, 7) is -0.261. The van der Waals surface area contributed by atoms with Crippen molar-refractivity contribution in [2.45, 2.75) is 30.9 Å². The monoisotopic (exact) mass is 641 g/mol. The summed E-state index contributed by atoms with van der Waals surface area (Å²) in [7, 11) is 6.12. The van der Waals surface area contributed by atoms with Crippen LogP contribution in [0.25, 0.3) is 10.2 Å². The molecule has 0 saturated heterocycles. The summed E-state index contributed by atoms with van der Waals surface area (Å²) in [6, 6.07) is 10.4. The Morgan fingerprint density at radius 2 is 2.00 bits per heavy atom. The first-order chi connectivity index (χ1) is 20.8. The highest BCUT2D eigenvalue weighted by atomic mass is 32.2. The maximum Gasteiger partial charge on any atom is 0.235 e. The average Bonchev–Trinajstić information content (AvgIpc) is 3.64. The number of rotatable bonds is 17. The molecule has 224 valence electrons. The van der Waals surface area contributed by atoms with Crippen molar-refractivity contribution in [2.24, 2.45) is 0 Å². The smallest absolute Gasteiger partial charge is 0.235 e. The molecular weight excluding hydrogens is 613 g/mol. The van der Waals surface area contributed by atoms with E-state index in [4.69, 9.17) is 34.8 Å². The SMILES string of the molecule is [B]N(C(=O)[C@H](CCO)n1cc(COc2ccc3[nH]c(=S)sc3c2)nn1)[C@H](CSCc1cccc(OCCO)c1)C(=O)C=O. The summed E-state index contributed by atoms with van der Waals surface area (Å²) in [6.07, 6.45) is 1.58. The summed E-state index contributed by atoms with van der Waals surface area (Å²) in [4.78, 5) is 41.1. The lowest BCUT2D eigenvalue weighted by Gasteiger charge is -2.29. The van der Waals surface area contributed by atoms with E-state index in [9.17, 15) is 19.5 Å². The summed E-state index contributed by atoms with van der Waals surface area (Å²) >= 11 is 7.91. The number of hydrogen-bond donors (Lipinski definition) is 3. The molecule has 3 N–H and O–H groups in total. The zero-order chi connectivity index (χ0) is 30.8. The Hall–Kier alpha value is -3.57. The Morgan fingerprint density at radius 1 is 1.19 bits per heavy atom. The van der Waals surface area contributed by atoms with Gasteiger partial charge in [-0.1, -0.05) is 17.3 Å². The van der Waals surface area contributed by atoms with Gasteiger partial charge in [-0.15, -0.1) is 16.4 Å². The van der Waals surface area contributed by atoms with Gasteiger partial charge in [0.05, 0.1) is 29.1 Å². The molecule has 2 atom stereocenters. The minimum Gasteiger partial charge on any atom is -0.491 e. The predicted octanol–water partition coefficient (Wildman–Crippen LogP) is 2.41. The van der Waals surface area contributed by atoms with Crippen molar-refractivity contribution in [3.05, 3.63) is 63.9 Å². The third kappa shape index (κ3) is 8.73. The fourth-order valence-corrected chi connectivity index (χ4v) is 6.30. The van der Waals surface area contributed by atoms with Crippen molar-refractivity contribution in [3.63, 3.8) is 0 Å². The normalized spacial score (nSPS) is 12.5. The zero-order valence-corrected chi connectivity index (χ0v) is 25.3. The predicted molar refractivity (Wildman–Crippen MR) is 165 cm³/mol. The number of aliphatic hydroxyl groups is 2. The molecule has 0 bridgehead atoms. The highest BCUT2D eigenvalue weighted by molar-refractivity contribution is 7.98. The highest BCUT2D eigenvalue weighted by Crippen LogP contribution is 2.25. The average molecular weight is 642 g/mol. The molecule has 2 aromatic heterocycles. The van der Waals surface area contributed by atoms with E-state index in [0.29, 0.717) is 26.9 Å². The molecule has 16 heteroatoms. The van der Waals surface area contributed by atoms with Gasteiger partial charge in [0.15, 0.2) is 10.2 Å². The van der Waals surface area contributed by atoms with Gasteiger partial charge >= 0.3 is 0 Å². The van der Waals surface area contributed by atoms with Crippen molar-refractivity contribution in [3.8, 4) is 11.5 Å². The van der Waals surface area contributed by atoms with Crippen molar-refractivity contribution in [1.82, 2.24) is 24.8 Å². The zero-order valence-electron chi connectivity index (χ0n) is 22.8. The molecule has 2 radical (unpaired) electrons. The van der Waals surface area contributed by atoms with Crippen LogP contribution in [-0.4, -0.2) is 92.6 Å². The van der Waals surface area contributed by atoms with Crippen LogP contribution in [0.3, 0.4) is 0 Å². The standard InChI is InChI=1S/C27H28BN5O7S3/c28-33(23(24(37)13-36)16-42-15-17-2-1-3-19(10-17)39-9-8-35)26(38)22(6-7-34)32-12-18(30-31-32)14-40-20-4-5-21-25(11-20)43-27(41)29-21/h1-5,10-13,22-23,34-35H,6-9,14-16H2,(H,29,41)/t22-,23+/m0/s1. The molecule has 4 rings (SSSR count). The van der Waals surface area contributed by atoms with Crippen LogP contribution in [0.5, 0.6) is 11.5 Å². The van der Waals surface area contributed by atoms with Gasteiger partial charge < -0.3 is 29.5 Å². The number of benzene rings is 2. The summed E-state index contributed by atoms with van der Waals surface area (Å²) in [5.74, 6) is 0.0949. The van der Waals surface area contributed by atoms with Gasteiger partial charge in [-0.2, -0.15) is 11.8 Å². The van der Waals surface area contributed by atoms with Gasteiger partial charge in [0, 0.05) is 24.5 Å². The Morgan fingerprint density at radius 3 is 2.77 bits per heavy atom. The quantitative estimate of drug-likeness (QED) is 0.0673. The Labute approximate surface area is 261 Å². The number of thiazole rings is 1. The number of carbonyl (C=O) groups excluding carboxylic acids is 3. The molecule has 0 spiro atoms. The van der Waals surface area contributed by atoms with E-state index in [2.05, 4.69) is 15.3 Å². The number of carbonyl (C=O) groups is 3. The largest absolute Gasteiger partial charge is 0.491 e. The Kier molecular flexibility index (Phi) is 11.9. The number of ether oxygens (including phenoxy) is 2. The number of aliphatic hydroxyl groups excluding tert-OH is 2. The van der Waals surface area contributed by atoms with Gasteiger partial charge in [0.1, 0.15) is 36.4 Å². The van der Waals surface area contributed by atoms with Crippen molar-refractivity contribution in [1.29, 1.82) is 0 Å². The number of nitrogens with zero attached hydrogens (tertiary/aromatic N) is 4. The fourth-order valence-electron chi connectivity index (χ4n) is 4.08. The fraction of sp³-hybridized carbons (Fsp3) is 0.333. The number of thioether (sulfide) groups is 1. The third-order valence-electron chi connectivity index (χ3n) is 6.18. The van der Waals surface area contributed by atoms with E-state index >= 15 is 0 Å². The number of hydrogen-bond acceptors (Lipinski definition) is 12. The first kappa shape index (κ1) is 32.4. The summed E-state index contributed by atoms with van der Waals surface area (Å²) < 4.78 is 14.1. The molecule has 43 heavy (non-hydrogen) atoms. The molecule has 0 unspecified atom stereocenters. The number of aromatic nitrogens is 4. The first-order valence-electron chi connectivity index (χ1n) is 13.1. The number of fused-ring (bicyclic) bond motifs is 1. The Bertz CT molecular complexity index is 1610. The Balaban J connectivity index is 1.40. The molecule has 0 saturated carbocycles. The molecule has 12 nitrogen and oxygen atoms in total. The highest BCUT2D eigenvalue weighted by Gasteiger charge is 2.32. The molecule has 2 heterocycles. The van der Waals surface area contributed by atoms with Crippen molar-refractivity contribution >= 4 is 71.5 Å². The van der Waals surface area contributed by atoms with Crippen LogP contribution in [0.4, 0.5) is 0 Å². The minimum absolute atomic E-state index is 0.0448. The molecule has 0 aliphatic heterocycles. The lowest BCUT2D eigenvalue weighted by Crippen LogP contribution is -2.48. The van der Waals surface area contributed by atoms with Crippen molar-refractivity contribution in [2.75, 3.05) is 25.6 Å². The summed E-state index contributed by atoms with van der Waals surface area (Å²) in [5.41, 5.74) is 2.21. The van der Waals surface area contributed by atoms with Gasteiger partial charge in [-0.25, -0.2) is 4.68 Å². The van der Waals surface area contributed by atoms with E-state index in [1.165, 1.54) is 34.0 Å². The molecule has 4 aromatic rings. The maximum atomic E-state index is 13.4. The molecule has 0 aliphatic carbocycles. The number of H-pyrrole nitrogens is 1. The van der Waals surface area contributed by atoms with Crippen LogP contribution < -0.4 is 9.47 Å². The van der Waals surface area contributed by atoms with Gasteiger partial charge in [-0.05, 0) is 48.1 Å². The van der Waals surface area contributed by atoms with Gasteiger partial charge in [0.25, 0.3) is 0 Å². The number of ketones is 1. The number of amides is 1. The lowest BCUT2D eigenvalue weighted by atomic mass is 10.1.